The summed E-state index contributed by atoms with van der Waals surface area (Å²) in [5.41, 5.74) is -4.89. The number of amides is 2. The van der Waals surface area contributed by atoms with Crippen LogP contribution < -0.4 is 5.32 Å². The van der Waals surface area contributed by atoms with E-state index in [0.29, 0.717) is 12.1 Å². The molecule has 1 aliphatic rings. The molecule has 2 atom stereocenters. The Morgan fingerprint density at radius 3 is 1.97 bits per heavy atom. The van der Waals surface area contributed by atoms with Gasteiger partial charge in [-0.25, -0.2) is 13.6 Å². The molecule has 13 heteroatoms. The molecule has 38 heavy (non-hydrogen) atoms. The van der Waals surface area contributed by atoms with Gasteiger partial charge in [0, 0.05) is 30.6 Å². The van der Waals surface area contributed by atoms with Gasteiger partial charge in [-0.3, -0.25) is 4.79 Å². The zero-order valence-corrected chi connectivity index (χ0v) is 20.4. The maximum Gasteiger partial charge on any atom is 0.416 e. The molecule has 208 valence electrons. The fourth-order valence-electron chi connectivity index (χ4n) is 4.04. The highest BCUT2D eigenvalue weighted by atomic mass is 19.4. The SMILES string of the molecule is CC(C)(C)OC(=O)N1CC[C@@H](NC(=O)c2cc(C(F)(F)F)cc(C(F)(F)F)c2)[C@H](c2ccc(F)c(F)c2)C1. The van der Waals surface area contributed by atoms with Gasteiger partial charge in [-0.2, -0.15) is 26.3 Å². The fraction of sp³-hybridized carbons (Fsp3) is 0.440. The third-order valence-electron chi connectivity index (χ3n) is 5.80. The van der Waals surface area contributed by atoms with Crippen molar-refractivity contribution in [2.45, 2.75) is 57.1 Å². The van der Waals surface area contributed by atoms with Gasteiger partial charge in [0.25, 0.3) is 5.91 Å². The molecule has 0 spiro atoms. The third kappa shape index (κ3) is 7.13. The molecular weight excluding hydrogens is 528 g/mol. The van der Waals surface area contributed by atoms with Gasteiger partial charge in [-0.15, -0.1) is 0 Å². The molecule has 1 aliphatic heterocycles. The molecule has 2 aromatic rings. The van der Waals surface area contributed by atoms with E-state index in [9.17, 15) is 44.7 Å². The average molecular weight is 552 g/mol. The van der Waals surface area contributed by atoms with Gasteiger partial charge in [0.1, 0.15) is 5.60 Å². The molecule has 0 aliphatic carbocycles. The standard InChI is InChI=1S/C25H24F8N2O3/c1-23(2,3)38-22(37)35-7-6-20(17(12-35)13-4-5-18(26)19(27)10-13)34-21(36)14-8-15(24(28,29)30)11-16(9-14)25(31,32)33/h4-5,8-11,17,20H,6-7,12H2,1-3H3,(H,34,36)/t17-,20+/m0/s1. The van der Waals surface area contributed by atoms with Crippen molar-refractivity contribution < 1.29 is 49.4 Å². The molecule has 0 bridgehead atoms. The first-order chi connectivity index (χ1) is 17.3. The predicted molar refractivity (Wildman–Crippen MR) is 119 cm³/mol. The monoisotopic (exact) mass is 552 g/mol. The van der Waals surface area contributed by atoms with Gasteiger partial charge in [-0.05, 0) is 63.1 Å². The van der Waals surface area contributed by atoms with E-state index in [4.69, 9.17) is 4.74 Å². The van der Waals surface area contributed by atoms with Gasteiger partial charge >= 0.3 is 18.4 Å². The Bertz CT molecular complexity index is 1170. The number of halogens is 8. The predicted octanol–water partition coefficient (Wildman–Crippen LogP) is 6.53. The second-order valence-electron chi connectivity index (χ2n) is 9.87. The van der Waals surface area contributed by atoms with Crippen LogP contribution in [0.4, 0.5) is 39.9 Å². The molecule has 1 N–H and O–H groups in total. The zero-order valence-electron chi connectivity index (χ0n) is 20.4. The van der Waals surface area contributed by atoms with Gasteiger partial charge in [0.2, 0.25) is 0 Å². The summed E-state index contributed by atoms with van der Waals surface area (Å²) in [5, 5.41) is 2.41. The number of alkyl halides is 6. The largest absolute Gasteiger partial charge is 0.444 e. The highest BCUT2D eigenvalue weighted by Crippen LogP contribution is 2.37. The van der Waals surface area contributed by atoms with E-state index in [-0.39, 0.29) is 31.1 Å². The van der Waals surface area contributed by atoms with Crippen LogP contribution in [0.5, 0.6) is 0 Å². The number of nitrogens with zero attached hydrogens (tertiary/aromatic N) is 1. The van der Waals surface area contributed by atoms with E-state index in [0.717, 1.165) is 12.1 Å². The van der Waals surface area contributed by atoms with Crippen molar-refractivity contribution in [3.05, 3.63) is 70.3 Å². The molecular formula is C25H24F8N2O3. The summed E-state index contributed by atoms with van der Waals surface area (Å²) in [4.78, 5) is 26.8. The first-order valence-corrected chi connectivity index (χ1v) is 11.4. The van der Waals surface area contributed by atoms with Crippen molar-refractivity contribution in [1.29, 1.82) is 0 Å². The van der Waals surface area contributed by atoms with Crippen LogP contribution in [0.3, 0.4) is 0 Å². The Morgan fingerprint density at radius 2 is 1.47 bits per heavy atom. The number of likely N-dealkylation sites (tertiary alicyclic amines) is 1. The average Bonchev–Trinajstić information content (AvgIpc) is 2.78. The van der Waals surface area contributed by atoms with Gasteiger partial charge < -0.3 is 15.0 Å². The smallest absolute Gasteiger partial charge is 0.416 e. The molecule has 2 amide bonds. The first-order valence-electron chi connectivity index (χ1n) is 11.4. The number of ether oxygens (including phenoxy) is 1. The van der Waals surface area contributed by atoms with E-state index < -0.39 is 70.2 Å². The highest BCUT2D eigenvalue weighted by Gasteiger charge is 2.39. The maximum absolute atomic E-state index is 14.0. The fourth-order valence-corrected chi connectivity index (χ4v) is 4.04. The number of rotatable bonds is 3. The molecule has 0 unspecified atom stereocenters. The number of carbonyl (C=O) groups excluding carboxylic acids is 2. The first kappa shape index (κ1) is 29.2. The summed E-state index contributed by atoms with van der Waals surface area (Å²) in [7, 11) is 0. The van der Waals surface area contributed by atoms with Crippen LogP contribution in [0.25, 0.3) is 0 Å². The second kappa shape index (κ2) is 10.4. The summed E-state index contributed by atoms with van der Waals surface area (Å²) in [5.74, 6) is -4.49. The Balaban J connectivity index is 1.94. The summed E-state index contributed by atoms with van der Waals surface area (Å²) in [6, 6.07) is 2.45. The quantitative estimate of drug-likeness (QED) is 0.441. The summed E-state index contributed by atoms with van der Waals surface area (Å²) in [6.07, 6.45) is -11.0. The number of benzene rings is 2. The molecule has 5 nitrogen and oxygen atoms in total. The third-order valence-corrected chi connectivity index (χ3v) is 5.80. The number of nitrogens with one attached hydrogen (secondary N) is 1. The van der Waals surface area contributed by atoms with Crippen molar-refractivity contribution in [1.82, 2.24) is 10.2 Å². The minimum atomic E-state index is -5.15. The van der Waals surface area contributed by atoms with Crippen molar-refractivity contribution >= 4 is 12.0 Å². The normalized spacial score (nSPS) is 18.8. The Labute approximate surface area is 212 Å². The maximum atomic E-state index is 14.0. The molecule has 2 aromatic carbocycles. The van der Waals surface area contributed by atoms with Crippen molar-refractivity contribution in [3.8, 4) is 0 Å². The summed E-state index contributed by atoms with van der Waals surface area (Å²) < 4.78 is 112. The van der Waals surface area contributed by atoms with Crippen LogP contribution in [0.1, 0.15) is 60.2 Å². The van der Waals surface area contributed by atoms with Crippen LogP contribution >= 0.6 is 0 Å². The van der Waals surface area contributed by atoms with E-state index in [1.165, 1.54) is 11.0 Å². The van der Waals surface area contributed by atoms with Crippen molar-refractivity contribution in [2.24, 2.45) is 0 Å². The molecule has 0 aromatic heterocycles. The zero-order chi connectivity index (χ0) is 28.6. The van der Waals surface area contributed by atoms with Gasteiger partial charge in [0.15, 0.2) is 11.6 Å². The number of carbonyl (C=O) groups is 2. The molecule has 3 rings (SSSR count). The molecule has 1 fully saturated rings. The number of hydrogen-bond acceptors (Lipinski definition) is 3. The minimum Gasteiger partial charge on any atom is -0.444 e. The Hall–Kier alpha value is -3.38. The van der Waals surface area contributed by atoms with E-state index in [1.807, 2.05) is 0 Å². The van der Waals surface area contributed by atoms with E-state index in [1.54, 1.807) is 20.8 Å². The van der Waals surface area contributed by atoms with Gasteiger partial charge in [0.05, 0.1) is 11.1 Å². The summed E-state index contributed by atoms with van der Waals surface area (Å²) >= 11 is 0. The molecule has 1 heterocycles. The van der Waals surface area contributed by atoms with Crippen molar-refractivity contribution in [3.63, 3.8) is 0 Å². The summed E-state index contributed by atoms with van der Waals surface area (Å²) in [6.45, 7) is 4.76. The molecule has 0 saturated carbocycles. The Kier molecular flexibility index (Phi) is 7.99. The van der Waals surface area contributed by atoms with E-state index >= 15 is 0 Å². The van der Waals surface area contributed by atoms with Crippen LogP contribution in [0.15, 0.2) is 36.4 Å². The minimum absolute atomic E-state index is 0.000263. The lowest BCUT2D eigenvalue weighted by molar-refractivity contribution is -0.143. The lowest BCUT2D eigenvalue weighted by Crippen LogP contribution is -2.52. The lowest BCUT2D eigenvalue weighted by atomic mass is 9.85. The number of hydrogen-bond donors (Lipinski definition) is 1. The Morgan fingerprint density at radius 1 is 0.895 bits per heavy atom. The highest BCUT2D eigenvalue weighted by molar-refractivity contribution is 5.95. The molecule has 1 saturated heterocycles. The second-order valence-corrected chi connectivity index (χ2v) is 9.87. The van der Waals surface area contributed by atoms with Crippen LogP contribution in [-0.2, 0) is 17.1 Å². The van der Waals surface area contributed by atoms with Crippen LogP contribution in [0, 0.1) is 11.6 Å². The van der Waals surface area contributed by atoms with Gasteiger partial charge in [-0.1, -0.05) is 6.07 Å². The topological polar surface area (TPSA) is 58.6 Å². The number of piperidine rings is 1. The van der Waals surface area contributed by atoms with Crippen LogP contribution in [0.2, 0.25) is 0 Å². The molecule has 0 radical (unpaired) electrons. The van der Waals surface area contributed by atoms with Crippen LogP contribution in [-0.4, -0.2) is 41.6 Å². The lowest BCUT2D eigenvalue weighted by Gasteiger charge is -2.39. The van der Waals surface area contributed by atoms with Crippen molar-refractivity contribution in [2.75, 3.05) is 13.1 Å². The van der Waals surface area contributed by atoms with E-state index in [2.05, 4.69) is 5.32 Å².